The summed E-state index contributed by atoms with van der Waals surface area (Å²) in [5.41, 5.74) is 2.27. The Morgan fingerprint density at radius 1 is 1.35 bits per heavy atom. The number of benzene rings is 1. The third kappa shape index (κ3) is 1.92. The summed E-state index contributed by atoms with van der Waals surface area (Å²) in [6.07, 6.45) is 0.0922. The predicted octanol–water partition coefficient (Wildman–Crippen LogP) is 2.15. The van der Waals surface area contributed by atoms with Gasteiger partial charge in [0.2, 0.25) is 6.79 Å². The summed E-state index contributed by atoms with van der Waals surface area (Å²) in [7, 11) is 0. The highest BCUT2D eigenvalue weighted by Crippen LogP contribution is 2.45. The molecule has 1 atom stereocenters. The molecule has 2 aliphatic heterocycles. The van der Waals surface area contributed by atoms with Gasteiger partial charge in [0, 0.05) is 18.7 Å². The van der Waals surface area contributed by atoms with Gasteiger partial charge in [-0.1, -0.05) is 0 Å². The fourth-order valence-corrected chi connectivity index (χ4v) is 2.82. The second-order valence-corrected chi connectivity index (χ2v) is 5.06. The minimum atomic E-state index is 0.0922. The minimum Gasteiger partial charge on any atom is -0.453 e. The van der Waals surface area contributed by atoms with Crippen molar-refractivity contribution in [2.75, 3.05) is 26.5 Å². The molecule has 0 bridgehead atoms. The molecule has 1 saturated heterocycles. The summed E-state index contributed by atoms with van der Waals surface area (Å²) in [5.74, 6) is 1.64. The lowest BCUT2D eigenvalue weighted by Gasteiger charge is -2.25. The Bertz CT molecular complexity index is 444. The van der Waals surface area contributed by atoms with Crippen molar-refractivity contribution in [1.82, 2.24) is 5.32 Å². The number of fused-ring (bicyclic) bond motifs is 1. The van der Waals surface area contributed by atoms with Gasteiger partial charge in [0.15, 0.2) is 11.5 Å². The zero-order valence-electron chi connectivity index (χ0n) is 9.59. The number of hydrogen-bond donors (Lipinski definition) is 1. The van der Waals surface area contributed by atoms with E-state index >= 15 is 0 Å². The summed E-state index contributed by atoms with van der Waals surface area (Å²) in [4.78, 5) is 0. The van der Waals surface area contributed by atoms with E-state index in [0.717, 1.165) is 46.8 Å². The van der Waals surface area contributed by atoms with Crippen LogP contribution in [0.2, 0.25) is 0 Å². The Hall–Kier alpha value is -0.780. The second-order valence-electron chi connectivity index (χ2n) is 4.20. The van der Waals surface area contributed by atoms with E-state index in [2.05, 4.69) is 27.3 Å². The lowest BCUT2D eigenvalue weighted by molar-refractivity contribution is 0.0271. The van der Waals surface area contributed by atoms with Crippen LogP contribution in [0.3, 0.4) is 0 Å². The van der Waals surface area contributed by atoms with Gasteiger partial charge < -0.3 is 19.5 Å². The maximum absolute atomic E-state index is 5.78. The summed E-state index contributed by atoms with van der Waals surface area (Å²) < 4.78 is 17.7. The number of ether oxygens (including phenoxy) is 3. The number of morpholine rings is 1. The average Bonchev–Trinajstić information content (AvgIpc) is 2.85. The number of hydrogen-bond acceptors (Lipinski definition) is 4. The van der Waals surface area contributed by atoms with Gasteiger partial charge in [-0.15, -0.1) is 0 Å². The van der Waals surface area contributed by atoms with Gasteiger partial charge in [-0.2, -0.15) is 0 Å². The SMILES string of the molecule is Cc1c(C2CNCCO2)cc(Br)c2c1OCO2. The van der Waals surface area contributed by atoms with Crippen LogP contribution in [0, 0.1) is 6.92 Å². The van der Waals surface area contributed by atoms with Crippen molar-refractivity contribution < 1.29 is 14.2 Å². The van der Waals surface area contributed by atoms with E-state index < -0.39 is 0 Å². The normalized spacial score (nSPS) is 22.8. The first kappa shape index (κ1) is 11.3. The molecule has 0 aliphatic carbocycles. The second kappa shape index (κ2) is 4.48. The highest BCUT2D eigenvalue weighted by molar-refractivity contribution is 9.10. The molecule has 2 heterocycles. The highest BCUT2D eigenvalue weighted by Gasteiger charge is 2.26. The number of halogens is 1. The zero-order chi connectivity index (χ0) is 11.8. The van der Waals surface area contributed by atoms with Gasteiger partial charge >= 0.3 is 0 Å². The quantitative estimate of drug-likeness (QED) is 0.862. The third-order valence-corrected chi connectivity index (χ3v) is 3.75. The summed E-state index contributed by atoms with van der Waals surface area (Å²) in [6.45, 7) is 4.85. The molecule has 92 valence electrons. The molecular weight excluding hydrogens is 286 g/mol. The molecule has 0 saturated carbocycles. The molecule has 1 unspecified atom stereocenters. The van der Waals surface area contributed by atoms with E-state index in [0.29, 0.717) is 6.79 Å². The molecule has 3 rings (SSSR count). The predicted molar refractivity (Wildman–Crippen MR) is 66.6 cm³/mol. The van der Waals surface area contributed by atoms with E-state index in [4.69, 9.17) is 14.2 Å². The molecule has 0 spiro atoms. The fourth-order valence-electron chi connectivity index (χ4n) is 2.28. The molecule has 1 aromatic carbocycles. The van der Waals surface area contributed by atoms with Crippen LogP contribution in [0.5, 0.6) is 11.5 Å². The molecular formula is C12H14BrNO3. The molecule has 1 fully saturated rings. The standard InChI is InChI=1S/C12H14BrNO3/c1-7-8(10-5-14-2-3-15-10)4-9(13)12-11(7)16-6-17-12/h4,10,14H,2-3,5-6H2,1H3. The van der Waals surface area contributed by atoms with Gasteiger partial charge in [0.1, 0.15) is 0 Å². The number of nitrogens with one attached hydrogen (secondary N) is 1. The lowest BCUT2D eigenvalue weighted by atomic mass is 10.0. The molecule has 4 nitrogen and oxygen atoms in total. The molecule has 1 N–H and O–H groups in total. The maximum atomic E-state index is 5.78. The molecule has 17 heavy (non-hydrogen) atoms. The molecule has 0 aromatic heterocycles. The van der Waals surface area contributed by atoms with Crippen LogP contribution >= 0.6 is 15.9 Å². The van der Waals surface area contributed by atoms with Crippen LogP contribution in [-0.2, 0) is 4.74 Å². The van der Waals surface area contributed by atoms with Crippen molar-refractivity contribution in [3.05, 3.63) is 21.7 Å². The van der Waals surface area contributed by atoms with Crippen LogP contribution in [0.4, 0.5) is 0 Å². The molecule has 0 amide bonds. The first-order valence-corrected chi connectivity index (χ1v) is 6.47. The third-order valence-electron chi connectivity index (χ3n) is 3.16. The molecule has 1 aromatic rings. The van der Waals surface area contributed by atoms with Crippen molar-refractivity contribution in [2.24, 2.45) is 0 Å². The van der Waals surface area contributed by atoms with E-state index in [1.165, 1.54) is 0 Å². The van der Waals surface area contributed by atoms with Crippen LogP contribution in [0.25, 0.3) is 0 Å². The van der Waals surface area contributed by atoms with Crippen molar-refractivity contribution >= 4 is 15.9 Å². The van der Waals surface area contributed by atoms with E-state index in [-0.39, 0.29) is 6.10 Å². The minimum absolute atomic E-state index is 0.0922. The molecule has 2 aliphatic rings. The molecule has 0 radical (unpaired) electrons. The largest absolute Gasteiger partial charge is 0.453 e. The van der Waals surface area contributed by atoms with Crippen molar-refractivity contribution in [1.29, 1.82) is 0 Å². The Morgan fingerprint density at radius 3 is 2.94 bits per heavy atom. The van der Waals surface area contributed by atoms with Crippen LogP contribution in [0.1, 0.15) is 17.2 Å². The summed E-state index contributed by atoms with van der Waals surface area (Å²) in [5, 5.41) is 3.34. The highest BCUT2D eigenvalue weighted by atomic mass is 79.9. The topological polar surface area (TPSA) is 39.7 Å². The van der Waals surface area contributed by atoms with E-state index in [1.807, 2.05) is 6.92 Å². The summed E-state index contributed by atoms with van der Waals surface area (Å²) in [6, 6.07) is 2.07. The monoisotopic (exact) mass is 299 g/mol. The molecule has 5 heteroatoms. The van der Waals surface area contributed by atoms with Crippen LogP contribution < -0.4 is 14.8 Å². The van der Waals surface area contributed by atoms with E-state index in [9.17, 15) is 0 Å². The summed E-state index contributed by atoms with van der Waals surface area (Å²) >= 11 is 3.52. The van der Waals surface area contributed by atoms with Gasteiger partial charge in [0.25, 0.3) is 0 Å². The lowest BCUT2D eigenvalue weighted by Crippen LogP contribution is -2.33. The van der Waals surface area contributed by atoms with Crippen molar-refractivity contribution in [3.63, 3.8) is 0 Å². The van der Waals surface area contributed by atoms with E-state index in [1.54, 1.807) is 0 Å². The Labute approximate surface area is 108 Å². The zero-order valence-corrected chi connectivity index (χ0v) is 11.2. The van der Waals surface area contributed by atoms with Crippen molar-refractivity contribution in [2.45, 2.75) is 13.0 Å². The maximum Gasteiger partial charge on any atom is 0.231 e. The van der Waals surface area contributed by atoms with Gasteiger partial charge in [-0.3, -0.25) is 0 Å². The van der Waals surface area contributed by atoms with Crippen LogP contribution in [-0.4, -0.2) is 26.5 Å². The van der Waals surface area contributed by atoms with Crippen LogP contribution in [0.15, 0.2) is 10.5 Å². The van der Waals surface area contributed by atoms with Gasteiger partial charge in [0.05, 0.1) is 17.2 Å². The average molecular weight is 300 g/mol. The van der Waals surface area contributed by atoms with Gasteiger partial charge in [-0.25, -0.2) is 0 Å². The van der Waals surface area contributed by atoms with Crippen molar-refractivity contribution in [3.8, 4) is 11.5 Å². The first-order chi connectivity index (χ1) is 8.27. The number of rotatable bonds is 1. The Kier molecular flexibility index (Phi) is 2.98. The first-order valence-electron chi connectivity index (χ1n) is 5.68. The Balaban J connectivity index is 2.02. The Morgan fingerprint density at radius 2 is 2.18 bits per heavy atom. The smallest absolute Gasteiger partial charge is 0.231 e. The fraction of sp³-hybridized carbons (Fsp3) is 0.500. The van der Waals surface area contributed by atoms with Gasteiger partial charge in [-0.05, 0) is 34.5 Å².